The van der Waals surface area contributed by atoms with Gasteiger partial charge in [0.05, 0.1) is 0 Å². The Morgan fingerprint density at radius 3 is 1.52 bits per heavy atom. The number of benzene rings is 2. The quantitative estimate of drug-likeness (QED) is 0.214. The van der Waals surface area contributed by atoms with Crippen molar-refractivity contribution in [1.82, 2.24) is 0 Å². The fourth-order valence-electron chi connectivity index (χ4n) is 4.57. The van der Waals surface area contributed by atoms with Crippen molar-refractivity contribution in [2.24, 2.45) is 0 Å². The van der Waals surface area contributed by atoms with Crippen LogP contribution in [0.3, 0.4) is 0 Å². The van der Waals surface area contributed by atoms with Gasteiger partial charge in [-0.1, -0.05) is 0 Å². The third-order valence-electron chi connectivity index (χ3n) is 6.67. The fourth-order valence-corrected chi connectivity index (χ4v) is 21.6. The average molecular weight is 543 g/mol. The summed E-state index contributed by atoms with van der Waals surface area (Å²) in [4.78, 5) is 0. The topological polar surface area (TPSA) is 9.23 Å². The van der Waals surface area contributed by atoms with Crippen LogP contribution in [0.5, 0.6) is 0 Å². The molecule has 0 aliphatic rings. The summed E-state index contributed by atoms with van der Waals surface area (Å²) >= 11 is -2.23. The minimum absolute atomic E-state index is 0.746. The van der Waals surface area contributed by atoms with E-state index in [4.69, 9.17) is 4.43 Å². The van der Waals surface area contributed by atoms with Gasteiger partial charge in [0.25, 0.3) is 0 Å². The fraction of sp³-hybridized carbons (Fsp3) is 0.500. The molecule has 0 saturated heterocycles. The average Bonchev–Trinajstić information content (AvgIpc) is 2.83. The van der Waals surface area contributed by atoms with E-state index in [9.17, 15) is 0 Å². The first-order chi connectivity index (χ1) is 15.1. The molecule has 0 spiro atoms. The maximum absolute atomic E-state index is 6.80. The molecular formula is C28H44OSiSn. The molecular weight excluding hydrogens is 499 g/mol. The molecule has 0 aliphatic heterocycles. The van der Waals surface area contributed by atoms with E-state index in [-0.39, 0.29) is 0 Å². The number of rotatable bonds is 15. The van der Waals surface area contributed by atoms with Gasteiger partial charge < -0.3 is 0 Å². The molecule has 0 amide bonds. The predicted octanol–water partition coefficient (Wildman–Crippen LogP) is 7.34. The third-order valence-corrected chi connectivity index (χ3v) is 24.5. The van der Waals surface area contributed by atoms with Crippen LogP contribution in [0.15, 0.2) is 70.8 Å². The van der Waals surface area contributed by atoms with Crippen molar-refractivity contribution in [1.29, 1.82) is 0 Å². The van der Waals surface area contributed by atoms with Crippen molar-refractivity contribution in [3.63, 3.8) is 0 Å². The van der Waals surface area contributed by atoms with Gasteiger partial charge in [-0.2, -0.15) is 0 Å². The molecule has 0 aliphatic carbocycles. The van der Waals surface area contributed by atoms with E-state index in [0.29, 0.717) is 0 Å². The van der Waals surface area contributed by atoms with E-state index in [2.05, 4.69) is 98.1 Å². The number of hydrogen-bond acceptors (Lipinski definition) is 1. The molecule has 1 nitrogen and oxygen atoms in total. The first kappa shape index (κ1) is 26.4. The van der Waals surface area contributed by atoms with Crippen LogP contribution in [0.2, 0.25) is 19.9 Å². The van der Waals surface area contributed by atoms with Gasteiger partial charge in [0.1, 0.15) is 0 Å². The minimum atomic E-state index is -2.23. The van der Waals surface area contributed by atoms with Gasteiger partial charge in [0, 0.05) is 0 Å². The van der Waals surface area contributed by atoms with Crippen molar-refractivity contribution in [3.05, 3.63) is 70.8 Å². The van der Waals surface area contributed by atoms with Crippen LogP contribution in [0, 0.1) is 0 Å². The van der Waals surface area contributed by atoms with Crippen LogP contribution in [0.4, 0.5) is 0 Å². The summed E-state index contributed by atoms with van der Waals surface area (Å²) in [6.07, 6.45) is 10.7. The molecule has 0 unspecified atom stereocenters. The first-order valence-corrected chi connectivity index (χ1v) is 22.6. The van der Waals surface area contributed by atoms with Crippen molar-refractivity contribution in [2.75, 3.05) is 6.61 Å². The summed E-state index contributed by atoms with van der Waals surface area (Å²) in [5.41, 5.74) is 0. The zero-order valence-corrected chi connectivity index (χ0v) is 24.3. The predicted molar refractivity (Wildman–Crippen MR) is 144 cm³/mol. The van der Waals surface area contributed by atoms with Gasteiger partial charge in [-0.05, 0) is 0 Å². The van der Waals surface area contributed by atoms with Gasteiger partial charge in [0.15, 0.2) is 0 Å². The SMILES string of the molecule is CCC[CH2][Sn](/[CH]=C/CO[Si](C)(c1ccccc1)c1ccccc1)([CH2]CCC)[CH2]CCC. The van der Waals surface area contributed by atoms with Crippen LogP contribution in [-0.2, 0) is 4.43 Å². The molecule has 170 valence electrons. The molecule has 2 rings (SSSR count). The monoisotopic (exact) mass is 544 g/mol. The Hall–Kier alpha value is -0.844. The van der Waals surface area contributed by atoms with Crippen LogP contribution in [0.1, 0.15) is 59.3 Å². The van der Waals surface area contributed by atoms with E-state index in [1.54, 1.807) is 0 Å². The van der Waals surface area contributed by atoms with Crippen LogP contribution < -0.4 is 10.4 Å². The van der Waals surface area contributed by atoms with Gasteiger partial charge in [-0.15, -0.1) is 0 Å². The standard InChI is InChI=1S/C16H17OSi.3C4H9.Sn/c1-3-14-17-18(2,15-10-6-4-7-11-15)16-12-8-5-9-13-16;3*1-3-4-2;/h1,3-13H,14H2,2H3;3*1,3-4H2,2H3;. The van der Waals surface area contributed by atoms with Crippen molar-refractivity contribution in [3.8, 4) is 0 Å². The maximum atomic E-state index is 6.80. The van der Waals surface area contributed by atoms with E-state index in [0.717, 1.165) is 6.61 Å². The molecule has 0 fully saturated rings. The summed E-state index contributed by atoms with van der Waals surface area (Å²) in [6, 6.07) is 21.8. The summed E-state index contributed by atoms with van der Waals surface area (Å²) in [5, 5.41) is 2.71. The Morgan fingerprint density at radius 2 is 1.13 bits per heavy atom. The van der Waals surface area contributed by atoms with Crippen LogP contribution in [-0.4, -0.2) is 33.3 Å². The van der Waals surface area contributed by atoms with E-state index < -0.39 is 26.7 Å². The second-order valence-corrected chi connectivity index (χ2v) is 25.7. The second kappa shape index (κ2) is 14.3. The second-order valence-electron chi connectivity index (χ2n) is 9.15. The molecule has 0 bridgehead atoms. The first-order valence-electron chi connectivity index (χ1n) is 12.5. The summed E-state index contributed by atoms with van der Waals surface area (Å²) < 4.78 is 14.1. The molecule has 31 heavy (non-hydrogen) atoms. The van der Waals surface area contributed by atoms with Crippen molar-refractivity contribution in [2.45, 2.75) is 79.2 Å². The Morgan fingerprint density at radius 1 is 0.710 bits per heavy atom. The van der Waals surface area contributed by atoms with Crippen molar-refractivity contribution >= 4 is 37.1 Å². The number of hydrogen-bond donors (Lipinski definition) is 0. The van der Waals surface area contributed by atoms with Gasteiger partial charge >= 0.3 is 198 Å². The van der Waals surface area contributed by atoms with E-state index >= 15 is 0 Å². The third kappa shape index (κ3) is 8.22. The Labute approximate surface area is 197 Å². The zero-order valence-electron chi connectivity index (χ0n) is 20.4. The molecule has 0 radical (unpaired) electrons. The van der Waals surface area contributed by atoms with Gasteiger partial charge in [-0.25, -0.2) is 0 Å². The molecule has 3 heteroatoms. The van der Waals surface area contributed by atoms with Crippen LogP contribution >= 0.6 is 0 Å². The summed E-state index contributed by atoms with van der Waals surface area (Å²) in [5.74, 6) is 0. The summed E-state index contributed by atoms with van der Waals surface area (Å²) in [7, 11) is -2.20. The Bertz CT molecular complexity index is 683. The van der Waals surface area contributed by atoms with Gasteiger partial charge in [-0.3, -0.25) is 0 Å². The molecule has 0 N–H and O–H groups in total. The summed E-state index contributed by atoms with van der Waals surface area (Å²) in [6.45, 7) is 10.1. The molecule has 0 atom stereocenters. The van der Waals surface area contributed by atoms with E-state index in [1.165, 1.54) is 62.2 Å². The van der Waals surface area contributed by atoms with Gasteiger partial charge in [0.2, 0.25) is 0 Å². The Kier molecular flexibility index (Phi) is 12.2. The molecule has 0 saturated carbocycles. The molecule has 2 aromatic carbocycles. The van der Waals surface area contributed by atoms with Crippen molar-refractivity contribution < 1.29 is 4.43 Å². The zero-order chi connectivity index (χ0) is 22.4. The van der Waals surface area contributed by atoms with Crippen LogP contribution in [0.25, 0.3) is 0 Å². The molecule has 0 aromatic heterocycles. The normalized spacial score (nSPS) is 12.5. The van der Waals surface area contributed by atoms with E-state index in [1.807, 2.05) is 0 Å². The Balaban J connectivity index is 2.20. The number of unbranched alkanes of at least 4 members (excludes halogenated alkanes) is 3. The molecule has 2 aromatic rings. The molecule has 0 heterocycles.